The summed E-state index contributed by atoms with van der Waals surface area (Å²) in [7, 11) is 0. The predicted molar refractivity (Wildman–Crippen MR) is 78.7 cm³/mol. The second-order valence-corrected chi connectivity index (χ2v) is 4.76. The Hall–Kier alpha value is -2.82. The van der Waals surface area contributed by atoms with Crippen LogP contribution in [0.5, 0.6) is 0 Å². The van der Waals surface area contributed by atoms with Crippen molar-refractivity contribution in [2.75, 3.05) is 5.73 Å². The van der Waals surface area contributed by atoms with E-state index in [1.54, 1.807) is 16.9 Å². The molecule has 0 saturated carbocycles. The Bertz CT molecular complexity index is 820. The van der Waals surface area contributed by atoms with Gasteiger partial charge in [-0.15, -0.1) is 0 Å². The van der Waals surface area contributed by atoms with Crippen LogP contribution in [0.1, 0.15) is 15.9 Å². The number of nitrogens with two attached hydrogens (primary N) is 2. The highest BCUT2D eigenvalue weighted by Crippen LogP contribution is 2.23. The van der Waals surface area contributed by atoms with Gasteiger partial charge in [-0.2, -0.15) is 5.10 Å². The van der Waals surface area contributed by atoms with Gasteiger partial charge in [-0.05, 0) is 42.8 Å². The van der Waals surface area contributed by atoms with Crippen LogP contribution in [-0.4, -0.2) is 15.7 Å². The molecule has 0 saturated heterocycles. The summed E-state index contributed by atoms with van der Waals surface area (Å²) in [5.74, 6) is -0.479. The van der Waals surface area contributed by atoms with Gasteiger partial charge in [0.2, 0.25) is 0 Å². The van der Waals surface area contributed by atoms with E-state index >= 15 is 0 Å². The van der Waals surface area contributed by atoms with Crippen LogP contribution < -0.4 is 11.5 Å². The summed E-state index contributed by atoms with van der Waals surface area (Å²) >= 11 is 0. The molecule has 2 aromatic carbocycles. The first-order valence-corrected chi connectivity index (χ1v) is 6.20. The Balaban J connectivity index is 2.33. The number of nitrogen functional groups attached to an aromatic ring is 1. The van der Waals surface area contributed by atoms with Crippen molar-refractivity contribution < 1.29 is 4.79 Å². The van der Waals surface area contributed by atoms with Crippen molar-refractivity contribution in [2.45, 2.75) is 6.92 Å². The van der Waals surface area contributed by atoms with E-state index in [0.717, 1.165) is 16.5 Å². The first kappa shape index (κ1) is 12.2. The largest absolute Gasteiger partial charge is 0.399 e. The number of aromatic nitrogens is 2. The van der Waals surface area contributed by atoms with Crippen LogP contribution in [0, 0.1) is 6.92 Å². The van der Waals surface area contributed by atoms with E-state index in [0.29, 0.717) is 16.9 Å². The van der Waals surface area contributed by atoms with Crippen LogP contribution in [0.2, 0.25) is 0 Å². The highest BCUT2D eigenvalue weighted by molar-refractivity contribution is 5.97. The zero-order valence-electron chi connectivity index (χ0n) is 11.0. The van der Waals surface area contributed by atoms with E-state index in [9.17, 15) is 4.79 Å². The number of hydrogen-bond acceptors (Lipinski definition) is 3. The van der Waals surface area contributed by atoms with Crippen molar-refractivity contribution in [3.63, 3.8) is 0 Å². The third kappa shape index (κ3) is 1.89. The number of fused-ring (bicyclic) bond motifs is 1. The summed E-state index contributed by atoms with van der Waals surface area (Å²) < 4.78 is 1.69. The molecule has 0 radical (unpaired) electrons. The lowest BCUT2D eigenvalue weighted by molar-refractivity contribution is 0.1000. The predicted octanol–water partition coefficient (Wildman–Crippen LogP) is 2.02. The standard InChI is InChI=1S/C15H14N4O/c1-9-2-5-12(15(17)20)14(6-9)19-13-7-11(16)4-3-10(13)8-18-19/h2-8H,16H2,1H3,(H2,17,20). The number of hydrogen-bond donors (Lipinski definition) is 2. The number of benzene rings is 2. The third-order valence-electron chi connectivity index (χ3n) is 3.24. The van der Waals surface area contributed by atoms with Crippen LogP contribution in [0.25, 0.3) is 16.6 Å². The monoisotopic (exact) mass is 266 g/mol. The van der Waals surface area contributed by atoms with Gasteiger partial charge >= 0.3 is 0 Å². The van der Waals surface area contributed by atoms with Crippen molar-refractivity contribution in [2.24, 2.45) is 5.73 Å². The molecule has 0 aliphatic heterocycles. The van der Waals surface area contributed by atoms with Crippen LogP contribution >= 0.6 is 0 Å². The summed E-state index contributed by atoms with van der Waals surface area (Å²) in [4.78, 5) is 11.6. The van der Waals surface area contributed by atoms with Gasteiger partial charge in [0.15, 0.2) is 0 Å². The summed E-state index contributed by atoms with van der Waals surface area (Å²) in [6.45, 7) is 1.95. The zero-order chi connectivity index (χ0) is 14.3. The van der Waals surface area contributed by atoms with E-state index in [1.165, 1.54) is 0 Å². The second-order valence-electron chi connectivity index (χ2n) is 4.76. The Morgan fingerprint density at radius 1 is 1.20 bits per heavy atom. The minimum absolute atomic E-state index is 0.433. The molecule has 1 amide bonds. The van der Waals surface area contributed by atoms with E-state index < -0.39 is 5.91 Å². The maximum absolute atomic E-state index is 11.6. The molecule has 100 valence electrons. The average molecular weight is 266 g/mol. The van der Waals surface area contributed by atoms with Crippen LogP contribution in [-0.2, 0) is 0 Å². The molecule has 0 aliphatic rings. The normalized spacial score (nSPS) is 10.8. The quantitative estimate of drug-likeness (QED) is 0.695. The SMILES string of the molecule is Cc1ccc(C(N)=O)c(-n2ncc3ccc(N)cc32)c1. The van der Waals surface area contributed by atoms with E-state index in [4.69, 9.17) is 11.5 Å². The number of carbonyl (C=O) groups is 1. The second kappa shape index (κ2) is 4.38. The lowest BCUT2D eigenvalue weighted by Gasteiger charge is -2.09. The third-order valence-corrected chi connectivity index (χ3v) is 3.24. The fourth-order valence-corrected chi connectivity index (χ4v) is 2.25. The van der Waals surface area contributed by atoms with Gasteiger partial charge in [-0.3, -0.25) is 4.79 Å². The molecule has 5 heteroatoms. The Kier molecular flexibility index (Phi) is 2.68. The van der Waals surface area contributed by atoms with Gasteiger partial charge in [0.1, 0.15) is 0 Å². The van der Waals surface area contributed by atoms with E-state index in [-0.39, 0.29) is 0 Å². The number of anilines is 1. The van der Waals surface area contributed by atoms with Gasteiger partial charge in [-0.25, -0.2) is 4.68 Å². The molecule has 5 nitrogen and oxygen atoms in total. The Labute approximate surface area is 115 Å². The van der Waals surface area contributed by atoms with Crippen LogP contribution in [0.3, 0.4) is 0 Å². The molecule has 3 rings (SSSR count). The Morgan fingerprint density at radius 3 is 2.75 bits per heavy atom. The van der Waals surface area contributed by atoms with Gasteiger partial charge in [0, 0.05) is 11.1 Å². The molecular weight excluding hydrogens is 252 g/mol. The minimum Gasteiger partial charge on any atom is -0.399 e. The van der Waals surface area contributed by atoms with Crippen molar-refractivity contribution in [1.82, 2.24) is 9.78 Å². The molecule has 0 atom stereocenters. The topological polar surface area (TPSA) is 86.9 Å². The van der Waals surface area contributed by atoms with Gasteiger partial charge in [0.25, 0.3) is 5.91 Å². The highest BCUT2D eigenvalue weighted by Gasteiger charge is 2.13. The lowest BCUT2D eigenvalue weighted by Crippen LogP contribution is -2.15. The molecule has 3 aromatic rings. The first-order chi connectivity index (χ1) is 9.56. The number of rotatable bonds is 2. The van der Waals surface area contributed by atoms with Crippen molar-refractivity contribution >= 4 is 22.5 Å². The molecule has 0 fully saturated rings. The molecule has 1 heterocycles. The van der Waals surface area contributed by atoms with Crippen molar-refractivity contribution in [3.8, 4) is 5.69 Å². The first-order valence-electron chi connectivity index (χ1n) is 6.20. The summed E-state index contributed by atoms with van der Waals surface area (Å²) in [6.07, 6.45) is 1.74. The summed E-state index contributed by atoms with van der Waals surface area (Å²) in [5, 5.41) is 5.30. The number of amides is 1. The molecule has 0 aliphatic carbocycles. The molecule has 0 spiro atoms. The molecular formula is C15H14N4O. The van der Waals surface area contributed by atoms with Crippen LogP contribution in [0.15, 0.2) is 42.6 Å². The molecule has 1 aromatic heterocycles. The van der Waals surface area contributed by atoms with Crippen molar-refractivity contribution in [3.05, 3.63) is 53.7 Å². The van der Waals surface area contributed by atoms with Gasteiger partial charge in [0.05, 0.1) is 23.0 Å². The summed E-state index contributed by atoms with van der Waals surface area (Å²) in [6, 6.07) is 11.0. The maximum atomic E-state index is 11.6. The molecule has 4 N–H and O–H groups in total. The van der Waals surface area contributed by atoms with Gasteiger partial charge < -0.3 is 11.5 Å². The van der Waals surface area contributed by atoms with Crippen molar-refractivity contribution in [1.29, 1.82) is 0 Å². The Morgan fingerprint density at radius 2 is 2.00 bits per heavy atom. The lowest BCUT2D eigenvalue weighted by atomic mass is 10.1. The number of primary amides is 1. The fraction of sp³-hybridized carbons (Fsp3) is 0.0667. The number of nitrogens with zero attached hydrogens (tertiary/aromatic N) is 2. The number of aryl methyl sites for hydroxylation is 1. The minimum atomic E-state index is -0.479. The van der Waals surface area contributed by atoms with Gasteiger partial charge in [-0.1, -0.05) is 6.07 Å². The fourth-order valence-electron chi connectivity index (χ4n) is 2.25. The highest BCUT2D eigenvalue weighted by atomic mass is 16.1. The average Bonchev–Trinajstić information content (AvgIpc) is 2.81. The molecule has 0 unspecified atom stereocenters. The number of carbonyl (C=O) groups excluding carboxylic acids is 1. The zero-order valence-corrected chi connectivity index (χ0v) is 11.0. The van der Waals surface area contributed by atoms with Crippen LogP contribution in [0.4, 0.5) is 5.69 Å². The maximum Gasteiger partial charge on any atom is 0.250 e. The van der Waals surface area contributed by atoms with E-state index in [2.05, 4.69) is 5.10 Å². The smallest absolute Gasteiger partial charge is 0.250 e. The summed E-state index contributed by atoms with van der Waals surface area (Å²) in [5.41, 5.74) is 14.9. The molecule has 0 bridgehead atoms. The molecule has 20 heavy (non-hydrogen) atoms. The van der Waals surface area contributed by atoms with E-state index in [1.807, 2.05) is 37.3 Å².